The summed E-state index contributed by atoms with van der Waals surface area (Å²) in [6.45, 7) is 4.12. The number of hydrogen-bond donors (Lipinski definition) is 0. The third kappa shape index (κ3) is 2.30. The lowest BCUT2D eigenvalue weighted by molar-refractivity contribution is 0.571. The molecule has 0 aliphatic heterocycles. The molecule has 0 aromatic carbocycles. The summed E-state index contributed by atoms with van der Waals surface area (Å²) in [5, 5.41) is 0. The Labute approximate surface area is 66.3 Å². The average Bonchev–Trinajstić information content (AvgIpc) is 1.93. The number of pyridine rings is 1. The first-order valence-electron chi connectivity index (χ1n) is 3.78. The van der Waals surface area contributed by atoms with E-state index in [0.717, 1.165) is 6.42 Å². The second-order valence-electron chi connectivity index (χ2n) is 3.07. The Morgan fingerprint density at radius 1 is 1.55 bits per heavy atom. The molecule has 0 bridgehead atoms. The van der Waals surface area contributed by atoms with Crippen LogP contribution < -0.4 is 0 Å². The minimum absolute atomic E-state index is 0.145. The van der Waals surface area contributed by atoms with Gasteiger partial charge in [0, 0.05) is 18.0 Å². The third-order valence-electron chi connectivity index (χ3n) is 1.47. The molecule has 0 aliphatic carbocycles. The fourth-order valence-corrected chi connectivity index (χ4v) is 1.00. The molecular weight excluding hydrogens is 141 g/mol. The minimum Gasteiger partial charge on any atom is -0.264 e. The maximum Gasteiger partial charge on any atom is 0.129 e. The van der Waals surface area contributed by atoms with Crippen LogP contribution >= 0.6 is 0 Å². The summed E-state index contributed by atoms with van der Waals surface area (Å²) in [7, 11) is 0. The summed E-state index contributed by atoms with van der Waals surface area (Å²) in [4.78, 5) is 3.86. The fourth-order valence-electron chi connectivity index (χ4n) is 1.00. The lowest BCUT2D eigenvalue weighted by atomic mass is 10.0. The molecule has 1 heterocycles. The summed E-state index contributed by atoms with van der Waals surface area (Å²) >= 11 is 0. The summed E-state index contributed by atoms with van der Waals surface area (Å²) in [5.74, 6) is 0.336. The summed E-state index contributed by atoms with van der Waals surface area (Å²) < 4.78 is 12.9. The fraction of sp³-hybridized carbons (Fsp3) is 0.444. The van der Waals surface area contributed by atoms with Gasteiger partial charge >= 0.3 is 0 Å². The molecule has 0 N–H and O–H groups in total. The third-order valence-corrected chi connectivity index (χ3v) is 1.47. The van der Waals surface area contributed by atoms with Gasteiger partial charge in [-0.1, -0.05) is 13.8 Å². The van der Waals surface area contributed by atoms with Gasteiger partial charge in [-0.3, -0.25) is 4.98 Å². The van der Waals surface area contributed by atoms with Crippen LogP contribution in [0.5, 0.6) is 0 Å². The molecule has 11 heavy (non-hydrogen) atoms. The normalized spacial score (nSPS) is 10.5. The smallest absolute Gasteiger partial charge is 0.129 e. The lowest BCUT2D eigenvalue weighted by Crippen LogP contribution is -1.97. The van der Waals surface area contributed by atoms with Gasteiger partial charge in [0.1, 0.15) is 5.82 Å². The van der Waals surface area contributed by atoms with Crippen LogP contribution in [-0.4, -0.2) is 4.98 Å². The van der Waals surface area contributed by atoms with Gasteiger partial charge in [-0.25, -0.2) is 4.39 Å². The van der Waals surface area contributed by atoms with Gasteiger partial charge in [0.25, 0.3) is 0 Å². The van der Waals surface area contributed by atoms with Crippen molar-refractivity contribution in [3.8, 4) is 0 Å². The molecule has 0 radical (unpaired) electrons. The summed E-state index contributed by atoms with van der Waals surface area (Å²) in [6.07, 6.45) is 3.83. The zero-order valence-corrected chi connectivity index (χ0v) is 6.84. The molecule has 1 aromatic heterocycles. The van der Waals surface area contributed by atoms with E-state index in [1.165, 1.54) is 12.3 Å². The monoisotopic (exact) mass is 153 g/mol. The Hall–Kier alpha value is -0.920. The largest absolute Gasteiger partial charge is 0.264 e. The molecule has 0 saturated carbocycles. The van der Waals surface area contributed by atoms with E-state index < -0.39 is 0 Å². The van der Waals surface area contributed by atoms with Crippen LogP contribution in [-0.2, 0) is 6.42 Å². The van der Waals surface area contributed by atoms with Gasteiger partial charge in [0.05, 0.1) is 0 Å². The first-order valence-corrected chi connectivity index (χ1v) is 3.78. The number of nitrogens with zero attached hydrogens (tertiary/aromatic N) is 1. The predicted octanol–water partition coefficient (Wildman–Crippen LogP) is 2.42. The van der Waals surface area contributed by atoms with E-state index in [1.807, 2.05) is 0 Å². The van der Waals surface area contributed by atoms with Crippen molar-refractivity contribution in [2.24, 2.45) is 5.92 Å². The van der Waals surface area contributed by atoms with Crippen molar-refractivity contribution >= 4 is 0 Å². The lowest BCUT2D eigenvalue weighted by Gasteiger charge is -2.04. The highest BCUT2D eigenvalue weighted by Gasteiger charge is 2.02. The molecule has 1 nitrogen and oxygen atoms in total. The van der Waals surface area contributed by atoms with Crippen molar-refractivity contribution in [2.75, 3.05) is 0 Å². The molecule has 0 fully saturated rings. The summed E-state index contributed by atoms with van der Waals surface area (Å²) in [6, 6.07) is 1.40. The van der Waals surface area contributed by atoms with Crippen LogP contribution in [0.4, 0.5) is 4.39 Å². The van der Waals surface area contributed by atoms with E-state index in [0.29, 0.717) is 11.5 Å². The van der Waals surface area contributed by atoms with Crippen molar-refractivity contribution in [1.82, 2.24) is 4.98 Å². The Morgan fingerprint density at radius 2 is 2.27 bits per heavy atom. The van der Waals surface area contributed by atoms with E-state index in [4.69, 9.17) is 0 Å². The molecule has 1 rings (SSSR count). The average molecular weight is 153 g/mol. The van der Waals surface area contributed by atoms with E-state index in [1.54, 1.807) is 6.20 Å². The second kappa shape index (κ2) is 3.46. The zero-order chi connectivity index (χ0) is 8.27. The maximum absolute atomic E-state index is 12.9. The van der Waals surface area contributed by atoms with Crippen LogP contribution in [0.1, 0.15) is 19.4 Å². The van der Waals surface area contributed by atoms with Gasteiger partial charge in [0.2, 0.25) is 0 Å². The maximum atomic E-state index is 12.9. The number of rotatable bonds is 2. The summed E-state index contributed by atoms with van der Waals surface area (Å²) in [5.41, 5.74) is 0.711. The van der Waals surface area contributed by atoms with Gasteiger partial charge in [0.15, 0.2) is 0 Å². The van der Waals surface area contributed by atoms with E-state index >= 15 is 0 Å². The highest BCUT2D eigenvalue weighted by atomic mass is 19.1. The van der Waals surface area contributed by atoms with Crippen molar-refractivity contribution in [3.63, 3.8) is 0 Å². The van der Waals surface area contributed by atoms with Crippen LogP contribution in [0.25, 0.3) is 0 Å². The predicted molar refractivity (Wildman–Crippen MR) is 42.7 cm³/mol. The van der Waals surface area contributed by atoms with E-state index in [9.17, 15) is 4.39 Å². The van der Waals surface area contributed by atoms with Crippen LogP contribution in [0.15, 0.2) is 18.5 Å². The minimum atomic E-state index is -0.145. The van der Waals surface area contributed by atoms with E-state index in [2.05, 4.69) is 18.8 Å². The molecule has 60 valence electrons. The molecule has 0 aliphatic rings. The van der Waals surface area contributed by atoms with Crippen LogP contribution in [0.2, 0.25) is 0 Å². The molecule has 0 atom stereocenters. The standard InChI is InChI=1S/C9H12FN/c1-7(2)5-8-6-11-4-3-9(8)10/h3-4,6-7H,5H2,1-2H3. The molecule has 0 amide bonds. The van der Waals surface area contributed by atoms with E-state index in [-0.39, 0.29) is 5.82 Å². The molecule has 0 spiro atoms. The van der Waals surface area contributed by atoms with Gasteiger partial charge in [-0.05, 0) is 18.4 Å². The molecule has 2 heteroatoms. The first-order chi connectivity index (χ1) is 5.20. The number of hydrogen-bond acceptors (Lipinski definition) is 1. The Bertz CT molecular complexity index is 233. The molecule has 0 unspecified atom stereocenters. The van der Waals surface area contributed by atoms with Crippen molar-refractivity contribution < 1.29 is 4.39 Å². The molecule has 1 aromatic rings. The highest BCUT2D eigenvalue weighted by molar-refractivity contribution is 5.11. The van der Waals surface area contributed by atoms with Crippen molar-refractivity contribution in [3.05, 3.63) is 29.8 Å². The molecule has 0 saturated heterocycles. The van der Waals surface area contributed by atoms with Crippen molar-refractivity contribution in [2.45, 2.75) is 20.3 Å². The SMILES string of the molecule is CC(C)Cc1cnccc1F. The number of halogens is 1. The second-order valence-corrected chi connectivity index (χ2v) is 3.07. The topological polar surface area (TPSA) is 12.9 Å². The zero-order valence-electron chi connectivity index (χ0n) is 6.84. The number of aromatic nitrogens is 1. The Balaban J connectivity index is 2.78. The van der Waals surface area contributed by atoms with Crippen LogP contribution in [0, 0.1) is 11.7 Å². The van der Waals surface area contributed by atoms with Gasteiger partial charge in [-0.2, -0.15) is 0 Å². The van der Waals surface area contributed by atoms with Gasteiger partial charge in [-0.15, -0.1) is 0 Å². The Morgan fingerprint density at radius 3 is 2.82 bits per heavy atom. The molecular formula is C9H12FN. The van der Waals surface area contributed by atoms with Crippen LogP contribution in [0.3, 0.4) is 0 Å². The highest BCUT2D eigenvalue weighted by Crippen LogP contribution is 2.09. The Kier molecular flexibility index (Phi) is 2.58. The first kappa shape index (κ1) is 8.18. The van der Waals surface area contributed by atoms with Crippen molar-refractivity contribution in [1.29, 1.82) is 0 Å². The van der Waals surface area contributed by atoms with Gasteiger partial charge < -0.3 is 0 Å². The quantitative estimate of drug-likeness (QED) is 0.635.